The Hall–Kier alpha value is -2.38. The number of hydrogen-bond acceptors (Lipinski definition) is 5. The lowest BCUT2D eigenvalue weighted by Gasteiger charge is -2.29. The van der Waals surface area contributed by atoms with Crippen LogP contribution >= 0.6 is 0 Å². The summed E-state index contributed by atoms with van der Waals surface area (Å²) in [6, 6.07) is 9.92. The minimum atomic E-state index is -3.75. The maximum absolute atomic E-state index is 13.0. The molecule has 3 rings (SSSR count). The van der Waals surface area contributed by atoms with Gasteiger partial charge in [-0.2, -0.15) is 4.31 Å². The maximum Gasteiger partial charge on any atom is 0.244 e. The zero-order chi connectivity index (χ0) is 18.0. The first-order valence-electron chi connectivity index (χ1n) is 7.79. The number of fused-ring (bicyclic) bond motifs is 1. The van der Waals surface area contributed by atoms with E-state index in [-0.39, 0.29) is 17.0 Å². The molecule has 6 nitrogen and oxygen atoms in total. The Bertz CT molecular complexity index is 908. The molecule has 0 atom stereocenters. The van der Waals surface area contributed by atoms with E-state index >= 15 is 0 Å². The van der Waals surface area contributed by atoms with Crippen molar-refractivity contribution in [2.45, 2.75) is 17.9 Å². The van der Waals surface area contributed by atoms with Crippen molar-refractivity contribution in [3.05, 3.63) is 53.1 Å². The Morgan fingerprint density at radius 2 is 1.68 bits per heavy atom. The van der Waals surface area contributed by atoms with Crippen LogP contribution in [0.25, 0.3) is 0 Å². The first-order valence-corrected chi connectivity index (χ1v) is 9.23. The summed E-state index contributed by atoms with van der Waals surface area (Å²) in [5.74, 6) is 1.19. The lowest BCUT2D eigenvalue weighted by Crippen LogP contribution is -2.36. The predicted octanol–water partition coefficient (Wildman–Crippen LogP) is 2.26. The second-order valence-electron chi connectivity index (χ2n) is 5.72. The zero-order valence-electron chi connectivity index (χ0n) is 14.1. The third kappa shape index (κ3) is 3.12. The Morgan fingerprint density at radius 1 is 1.04 bits per heavy atom. The molecule has 25 heavy (non-hydrogen) atoms. The van der Waals surface area contributed by atoms with Crippen LogP contribution < -0.4 is 9.47 Å². The summed E-state index contributed by atoms with van der Waals surface area (Å²) in [4.78, 5) is 11.2. The van der Waals surface area contributed by atoms with Gasteiger partial charge in [0.1, 0.15) is 0 Å². The Morgan fingerprint density at radius 3 is 2.32 bits per heavy atom. The molecule has 0 spiro atoms. The quantitative estimate of drug-likeness (QED) is 0.764. The fourth-order valence-electron chi connectivity index (χ4n) is 3.01. The van der Waals surface area contributed by atoms with Crippen LogP contribution in [0, 0.1) is 0 Å². The fourth-order valence-corrected chi connectivity index (χ4v) is 4.60. The number of sulfonamides is 1. The van der Waals surface area contributed by atoms with Gasteiger partial charge in [-0.1, -0.05) is 18.2 Å². The monoisotopic (exact) mass is 361 g/mol. The molecule has 0 fully saturated rings. The maximum atomic E-state index is 13.0. The molecule has 0 aromatic heterocycles. The largest absolute Gasteiger partial charge is 0.493 e. The highest BCUT2D eigenvalue weighted by molar-refractivity contribution is 7.89. The van der Waals surface area contributed by atoms with Gasteiger partial charge in [-0.25, -0.2) is 8.42 Å². The highest BCUT2D eigenvalue weighted by Crippen LogP contribution is 2.34. The predicted molar refractivity (Wildman–Crippen MR) is 92.7 cm³/mol. The van der Waals surface area contributed by atoms with Gasteiger partial charge in [0.15, 0.2) is 17.8 Å². The van der Waals surface area contributed by atoms with E-state index in [9.17, 15) is 13.2 Å². The van der Waals surface area contributed by atoms with Crippen molar-refractivity contribution in [2.24, 2.45) is 0 Å². The number of aldehydes is 1. The van der Waals surface area contributed by atoms with Crippen molar-refractivity contribution in [3.8, 4) is 11.5 Å². The summed E-state index contributed by atoms with van der Waals surface area (Å²) in [5, 5.41) is 0. The standard InChI is InChI=1S/C18H19NO5S/c1-23-16-9-13-7-8-19(11-15(13)10-17(16)24-2)25(21,22)18-6-4-3-5-14(18)12-20/h3-6,9-10,12H,7-8,11H2,1-2H3. The van der Waals surface area contributed by atoms with Crippen LogP contribution in [0.15, 0.2) is 41.3 Å². The third-order valence-electron chi connectivity index (χ3n) is 4.35. The molecular weight excluding hydrogens is 342 g/mol. The van der Waals surface area contributed by atoms with E-state index in [0.29, 0.717) is 30.8 Å². The molecule has 0 bridgehead atoms. The summed E-state index contributed by atoms with van der Waals surface area (Å²) in [7, 11) is -0.640. The van der Waals surface area contributed by atoms with Crippen LogP contribution in [0.2, 0.25) is 0 Å². The first kappa shape index (κ1) is 17.4. The molecule has 0 aliphatic carbocycles. The number of ether oxygens (including phenoxy) is 2. The number of methoxy groups -OCH3 is 2. The fraction of sp³-hybridized carbons (Fsp3) is 0.278. The van der Waals surface area contributed by atoms with Crippen molar-refractivity contribution in [3.63, 3.8) is 0 Å². The van der Waals surface area contributed by atoms with E-state index in [1.165, 1.54) is 16.4 Å². The minimum Gasteiger partial charge on any atom is -0.493 e. The van der Waals surface area contributed by atoms with E-state index in [1.807, 2.05) is 12.1 Å². The molecule has 1 aliphatic heterocycles. The lowest BCUT2D eigenvalue weighted by molar-refractivity contribution is 0.112. The van der Waals surface area contributed by atoms with Gasteiger partial charge in [0.2, 0.25) is 10.0 Å². The molecule has 1 aliphatic rings. The molecule has 0 saturated carbocycles. The summed E-state index contributed by atoms with van der Waals surface area (Å²) in [6.45, 7) is 0.573. The van der Waals surface area contributed by atoms with Crippen LogP contribution in [0.3, 0.4) is 0 Å². The second kappa shape index (κ2) is 6.85. The van der Waals surface area contributed by atoms with Crippen LogP contribution in [0.5, 0.6) is 11.5 Å². The van der Waals surface area contributed by atoms with E-state index in [0.717, 1.165) is 11.1 Å². The molecular formula is C18H19NO5S. The molecule has 7 heteroatoms. The SMILES string of the molecule is COc1cc2c(cc1OC)CN(S(=O)(=O)c1ccccc1C=O)CC2. The number of rotatable bonds is 5. The van der Waals surface area contributed by atoms with Crippen molar-refractivity contribution < 1.29 is 22.7 Å². The van der Waals surface area contributed by atoms with E-state index < -0.39 is 10.0 Å². The number of nitrogens with zero attached hydrogens (tertiary/aromatic N) is 1. The lowest BCUT2D eigenvalue weighted by atomic mass is 10.0. The van der Waals surface area contributed by atoms with Gasteiger partial charge in [-0.3, -0.25) is 4.79 Å². The molecule has 0 amide bonds. The molecule has 0 N–H and O–H groups in total. The Labute approximate surface area is 147 Å². The number of carbonyl (C=O) groups is 1. The smallest absolute Gasteiger partial charge is 0.244 e. The summed E-state index contributed by atoms with van der Waals surface area (Å²) < 4.78 is 37.9. The highest BCUT2D eigenvalue weighted by Gasteiger charge is 2.30. The average molecular weight is 361 g/mol. The summed E-state index contributed by atoms with van der Waals surface area (Å²) in [6.07, 6.45) is 1.14. The first-order chi connectivity index (χ1) is 12.0. The Balaban J connectivity index is 1.98. The van der Waals surface area contributed by atoms with Crippen molar-refractivity contribution in [1.29, 1.82) is 0 Å². The molecule has 0 radical (unpaired) electrons. The third-order valence-corrected chi connectivity index (χ3v) is 6.27. The molecule has 2 aromatic rings. The molecule has 1 heterocycles. The van der Waals surface area contributed by atoms with Crippen molar-refractivity contribution >= 4 is 16.3 Å². The van der Waals surface area contributed by atoms with Gasteiger partial charge in [0, 0.05) is 18.7 Å². The number of hydrogen-bond donors (Lipinski definition) is 0. The van der Waals surface area contributed by atoms with E-state index in [2.05, 4.69) is 0 Å². The number of benzene rings is 2. The summed E-state index contributed by atoms with van der Waals surface area (Å²) in [5.41, 5.74) is 2.07. The molecule has 2 aromatic carbocycles. The van der Waals surface area contributed by atoms with Crippen molar-refractivity contribution in [1.82, 2.24) is 4.31 Å². The minimum absolute atomic E-state index is 0.0360. The number of carbonyl (C=O) groups excluding carboxylic acids is 1. The van der Waals surface area contributed by atoms with Crippen molar-refractivity contribution in [2.75, 3.05) is 20.8 Å². The van der Waals surface area contributed by atoms with Gasteiger partial charge in [-0.15, -0.1) is 0 Å². The van der Waals surface area contributed by atoms with Crippen LogP contribution in [0.4, 0.5) is 0 Å². The van der Waals surface area contributed by atoms with Gasteiger partial charge < -0.3 is 9.47 Å². The van der Waals surface area contributed by atoms with Crippen LogP contribution in [-0.2, 0) is 23.0 Å². The molecule has 132 valence electrons. The molecule has 0 saturated heterocycles. The highest BCUT2D eigenvalue weighted by atomic mass is 32.2. The average Bonchev–Trinajstić information content (AvgIpc) is 2.66. The van der Waals surface area contributed by atoms with Crippen LogP contribution in [0.1, 0.15) is 21.5 Å². The summed E-state index contributed by atoms with van der Waals surface area (Å²) >= 11 is 0. The zero-order valence-corrected chi connectivity index (χ0v) is 14.9. The topological polar surface area (TPSA) is 72.9 Å². The normalized spacial score (nSPS) is 14.6. The van der Waals surface area contributed by atoms with E-state index in [4.69, 9.17) is 9.47 Å². The van der Waals surface area contributed by atoms with E-state index in [1.54, 1.807) is 26.4 Å². The van der Waals surface area contributed by atoms with Gasteiger partial charge in [0.25, 0.3) is 0 Å². The van der Waals surface area contributed by atoms with Crippen LogP contribution in [-0.4, -0.2) is 39.8 Å². The Kier molecular flexibility index (Phi) is 4.78. The second-order valence-corrected chi connectivity index (χ2v) is 7.63. The van der Waals surface area contributed by atoms with Gasteiger partial charge in [-0.05, 0) is 35.7 Å². The van der Waals surface area contributed by atoms with Gasteiger partial charge >= 0.3 is 0 Å². The molecule has 0 unspecified atom stereocenters. The van der Waals surface area contributed by atoms with Gasteiger partial charge in [0.05, 0.1) is 19.1 Å².